The lowest BCUT2D eigenvalue weighted by Crippen LogP contribution is -2.57. The molecule has 0 saturated carbocycles. The number of rotatable bonds is 13. The third-order valence-corrected chi connectivity index (χ3v) is 6.34. The summed E-state index contributed by atoms with van der Waals surface area (Å²) in [6, 6.07) is 4.18. The van der Waals surface area contributed by atoms with E-state index < -0.39 is 23.8 Å². The molecule has 1 rings (SSSR count). The summed E-state index contributed by atoms with van der Waals surface area (Å²) in [6.45, 7) is 19.2. The van der Waals surface area contributed by atoms with Crippen molar-refractivity contribution in [2.24, 2.45) is 11.8 Å². The largest absolute Gasteiger partial charge is 0.508 e. The topological polar surface area (TPSA) is 108 Å². The lowest BCUT2D eigenvalue weighted by atomic mass is 9.94. The first-order valence-corrected chi connectivity index (χ1v) is 14.0. The van der Waals surface area contributed by atoms with Gasteiger partial charge in [0.1, 0.15) is 23.4 Å². The number of amides is 3. The summed E-state index contributed by atoms with van der Waals surface area (Å²) in [5.41, 5.74) is -0.128. The molecule has 0 heterocycles. The minimum absolute atomic E-state index is 0.0733. The third-order valence-electron chi connectivity index (χ3n) is 6.34. The number of hydrogen-bond donors (Lipinski definition) is 3. The molecule has 3 N–H and O–H groups in total. The van der Waals surface area contributed by atoms with Crippen LogP contribution < -0.4 is 10.6 Å². The van der Waals surface area contributed by atoms with E-state index in [0.717, 1.165) is 19.3 Å². The van der Waals surface area contributed by atoms with Crippen LogP contribution in [0.2, 0.25) is 0 Å². The van der Waals surface area contributed by atoms with Gasteiger partial charge in [-0.15, -0.1) is 0 Å². The van der Waals surface area contributed by atoms with Crippen LogP contribution in [0.4, 0.5) is 4.79 Å². The lowest BCUT2D eigenvalue weighted by Gasteiger charge is -2.40. The quantitative estimate of drug-likeness (QED) is 0.291. The monoisotopic (exact) mass is 533 g/mol. The molecule has 1 aromatic rings. The average molecular weight is 534 g/mol. The van der Waals surface area contributed by atoms with Crippen LogP contribution in [0.1, 0.15) is 107 Å². The number of aromatic hydroxyl groups is 1. The molecule has 8 heteroatoms. The van der Waals surface area contributed by atoms with Gasteiger partial charge in [0.2, 0.25) is 11.8 Å². The highest BCUT2D eigenvalue weighted by Crippen LogP contribution is 2.29. The number of nitrogens with one attached hydrogen (secondary N) is 2. The Balaban J connectivity index is 3.59. The Morgan fingerprint density at radius 3 is 1.97 bits per heavy atom. The smallest absolute Gasteiger partial charge is 0.408 e. The number of alkyl carbamates (subject to hydrolysis) is 1. The molecular formula is C30H51N3O5. The molecule has 4 unspecified atom stereocenters. The van der Waals surface area contributed by atoms with E-state index in [2.05, 4.69) is 31.4 Å². The second-order valence-corrected chi connectivity index (χ2v) is 12.1. The van der Waals surface area contributed by atoms with Crippen LogP contribution in [0.15, 0.2) is 24.3 Å². The molecule has 0 aliphatic rings. The van der Waals surface area contributed by atoms with Crippen molar-refractivity contribution in [1.29, 1.82) is 0 Å². The summed E-state index contributed by atoms with van der Waals surface area (Å²) in [4.78, 5) is 42.4. The van der Waals surface area contributed by atoms with Crippen LogP contribution in [0, 0.1) is 11.8 Å². The number of phenolic OH excluding ortho intramolecular Hbond substituents is 1. The first-order chi connectivity index (χ1) is 17.6. The van der Waals surface area contributed by atoms with Gasteiger partial charge < -0.3 is 25.4 Å². The van der Waals surface area contributed by atoms with Gasteiger partial charge >= 0.3 is 6.09 Å². The summed E-state index contributed by atoms with van der Waals surface area (Å²) in [6.07, 6.45) is 2.59. The van der Waals surface area contributed by atoms with E-state index in [9.17, 15) is 19.5 Å². The van der Waals surface area contributed by atoms with E-state index in [-0.39, 0.29) is 35.6 Å². The van der Waals surface area contributed by atoms with Gasteiger partial charge in [0.05, 0.1) is 0 Å². The molecular weight excluding hydrogens is 482 g/mol. The fraction of sp³-hybridized carbons (Fsp3) is 0.700. The second-order valence-electron chi connectivity index (χ2n) is 12.1. The molecule has 38 heavy (non-hydrogen) atoms. The van der Waals surface area contributed by atoms with E-state index >= 15 is 0 Å². The van der Waals surface area contributed by atoms with Crippen molar-refractivity contribution in [2.75, 3.05) is 0 Å². The summed E-state index contributed by atoms with van der Waals surface area (Å²) in [5, 5.41) is 15.8. The third kappa shape index (κ3) is 10.9. The fourth-order valence-corrected chi connectivity index (χ4v) is 4.34. The van der Waals surface area contributed by atoms with Crippen LogP contribution >= 0.6 is 0 Å². The van der Waals surface area contributed by atoms with Crippen molar-refractivity contribution in [3.63, 3.8) is 0 Å². The van der Waals surface area contributed by atoms with Crippen LogP contribution in [-0.2, 0) is 14.3 Å². The summed E-state index contributed by atoms with van der Waals surface area (Å²) < 4.78 is 5.45. The van der Waals surface area contributed by atoms with Crippen molar-refractivity contribution in [3.05, 3.63) is 29.8 Å². The Bertz CT molecular complexity index is 892. The second kappa shape index (κ2) is 15.0. The highest BCUT2D eigenvalue weighted by atomic mass is 16.6. The van der Waals surface area contributed by atoms with E-state index in [1.54, 1.807) is 37.8 Å². The molecule has 0 fully saturated rings. The van der Waals surface area contributed by atoms with Crippen molar-refractivity contribution in [1.82, 2.24) is 15.5 Å². The van der Waals surface area contributed by atoms with E-state index in [0.29, 0.717) is 17.9 Å². The van der Waals surface area contributed by atoms with Gasteiger partial charge in [-0.05, 0) is 83.4 Å². The predicted molar refractivity (Wildman–Crippen MR) is 152 cm³/mol. The molecule has 0 aromatic heterocycles. The molecule has 3 amide bonds. The molecule has 8 nitrogen and oxygen atoms in total. The standard InChI is InChI=1S/C30H51N3O5/c1-11-12-21(6)31-27(35)26(23-15-17-24(34)18-16-23)33(22(7)14-13-19(2)3)28(36)25(20(4)5)32-29(37)38-30(8,9)10/h15-22,25-26,34H,11-14H2,1-10H3,(H,31,35)(H,32,37). The van der Waals surface area contributed by atoms with Crippen molar-refractivity contribution in [3.8, 4) is 5.75 Å². The van der Waals surface area contributed by atoms with Gasteiger partial charge in [-0.25, -0.2) is 4.79 Å². The van der Waals surface area contributed by atoms with Crippen molar-refractivity contribution >= 4 is 17.9 Å². The summed E-state index contributed by atoms with van der Waals surface area (Å²) >= 11 is 0. The number of carbonyl (C=O) groups is 3. The number of phenols is 1. The molecule has 1 aromatic carbocycles. The summed E-state index contributed by atoms with van der Waals surface area (Å²) in [5.74, 6) is -0.401. The van der Waals surface area contributed by atoms with E-state index in [1.165, 1.54) is 12.1 Å². The van der Waals surface area contributed by atoms with Gasteiger partial charge in [0.15, 0.2) is 0 Å². The van der Waals surface area contributed by atoms with Crippen molar-refractivity contribution < 1.29 is 24.2 Å². The maximum atomic E-state index is 14.3. The zero-order valence-electron chi connectivity index (χ0n) is 25.1. The number of carbonyl (C=O) groups excluding carboxylic acids is 3. The average Bonchev–Trinajstić information content (AvgIpc) is 2.78. The van der Waals surface area contributed by atoms with Crippen LogP contribution in [-0.4, -0.2) is 51.6 Å². The molecule has 4 atom stereocenters. The lowest BCUT2D eigenvalue weighted by molar-refractivity contribution is -0.146. The Kier molecular flexibility index (Phi) is 13.1. The highest BCUT2D eigenvalue weighted by Gasteiger charge is 2.40. The number of nitrogens with zero attached hydrogens (tertiary/aromatic N) is 1. The Morgan fingerprint density at radius 2 is 1.50 bits per heavy atom. The Labute approximate surface area is 229 Å². The van der Waals surface area contributed by atoms with Crippen LogP contribution in [0.25, 0.3) is 0 Å². The van der Waals surface area contributed by atoms with Crippen molar-refractivity contribution in [2.45, 2.75) is 125 Å². The molecule has 0 bridgehead atoms. The molecule has 0 spiro atoms. The minimum Gasteiger partial charge on any atom is -0.508 e. The van der Waals surface area contributed by atoms with Gasteiger partial charge in [-0.2, -0.15) is 0 Å². The van der Waals surface area contributed by atoms with Gasteiger partial charge in [0.25, 0.3) is 0 Å². The molecule has 0 radical (unpaired) electrons. The zero-order chi connectivity index (χ0) is 29.2. The highest BCUT2D eigenvalue weighted by molar-refractivity contribution is 5.92. The first kappa shape index (κ1) is 33.3. The van der Waals surface area contributed by atoms with Gasteiger partial charge in [-0.3, -0.25) is 9.59 Å². The molecule has 0 saturated heterocycles. The SMILES string of the molecule is CCCC(C)NC(=O)C(c1ccc(O)cc1)N(C(=O)C(NC(=O)OC(C)(C)C)C(C)C)C(C)CCC(C)C. The first-order valence-electron chi connectivity index (χ1n) is 14.0. The Hall–Kier alpha value is -2.77. The molecule has 216 valence electrons. The van der Waals surface area contributed by atoms with E-state index in [1.807, 2.05) is 27.7 Å². The van der Waals surface area contributed by atoms with Gasteiger partial charge in [-0.1, -0.05) is 53.2 Å². The van der Waals surface area contributed by atoms with E-state index in [4.69, 9.17) is 4.74 Å². The van der Waals surface area contributed by atoms with Crippen LogP contribution in [0.3, 0.4) is 0 Å². The molecule has 0 aliphatic carbocycles. The number of hydrogen-bond acceptors (Lipinski definition) is 5. The zero-order valence-corrected chi connectivity index (χ0v) is 25.1. The van der Waals surface area contributed by atoms with Gasteiger partial charge in [0, 0.05) is 12.1 Å². The van der Waals surface area contributed by atoms with Crippen LogP contribution in [0.5, 0.6) is 5.75 Å². The fourth-order valence-electron chi connectivity index (χ4n) is 4.34. The minimum atomic E-state index is -0.939. The molecule has 0 aliphatic heterocycles. The number of benzene rings is 1. The number of ether oxygens (including phenoxy) is 1. The normalized spacial score (nSPS) is 14.9. The Morgan fingerprint density at radius 1 is 0.921 bits per heavy atom. The maximum Gasteiger partial charge on any atom is 0.408 e. The maximum absolute atomic E-state index is 14.3. The summed E-state index contributed by atoms with van der Waals surface area (Å²) in [7, 11) is 0. The predicted octanol–water partition coefficient (Wildman–Crippen LogP) is 5.94.